The molecule has 0 saturated carbocycles. The lowest BCUT2D eigenvalue weighted by Gasteiger charge is -2.34. The first-order valence-electron chi connectivity index (χ1n) is 12.3. The van der Waals surface area contributed by atoms with Crippen LogP contribution in [0, 0.1) is 0 Å². The van der Waals surface area contributed by atoms with Crippen LogP contribution in [-0.4, -0.2) is 67.1 Å². The molecule has 0 radical (unpaired) electrons. The van der Waals surface area contributed by atoms with Crippen molar-refractivity contribution in [3.63, 3.8) is 0 Å². The number of benzene rings is 2. The fraction of sp³-hybridized carbons (Fsp3) is 0.296. The highest BCUT2D eigenvalue weighted by atomic mass is 32.1. The van der Waals surface area contributed by atoms with Crippen molar-refractivity contribution in [2.75, 3.05) is 61.8 Å². The van der Waals surface area contributed by atoms with E-state index in [0.717, 1.165) is 54.3 Å². The number of thiophene rings is 1. The van der Waals surface area contributed by atoms with Gasteiger partial charge in [0, 0.05) is 56.2 Å². The van der Waals surface area contributed by atoms with E-state index >= 15 is 0 Å². The number of hydrogen-bond acceptors (Lipinski definition) is 8. The van der Waals surface area contributed by atoms with Crippen LogP contribution in [0.25, 0.3) is 10.2 Å². The summed E-state index contributed by atoms with van der Waals surface area (Å²) in [6, 6.07) is 19.7. The molecule has 0 atom stereocenters. The molecule has 1 saturated heterocycles. The third kappa shape index (κ3) is 5.92. The lowest BCUT2D eigenvalue weighted by Crippen LogP contribution is -2.44. The van der Waals surface area contributed by atoms with E-state index in [1.54, 1.807) is 11.3 Å². The first-order valence-corrected chi connectivity index (χ1v) is 13.2. The van der Waals surface area contributed by atoms with Gasteiger partial charge in [0.2, 0.25) is 5.95 Å². The van der Waals surface area contributed by atoms with Crippen molar-refractivity contribution in [2.24, 2.45) is 0 Å². The Morgan fingerprint density at radius 3 is 2.50 bits per heavy atom. The van der Waals surface area contributed by atoms with E-state index in [2.05, 4.69) is 62.0 Å². The maximum atomic E-state index is 12.2. The number of piperazine rings is 1. The van der Waals surface area contributed by atoms with Gasteiger partial charge in [-0.25, -0.2) is 4.98 Å². The summed E-state index contributed by atoms with van der Waals surface area (Å²) >= 11 is 1.62. The molecule has 3 heterocycles. The summed E-state index contributed by atoms with van der Waals surface area (Å²) in [5.74, 6) is 1.32. The standard InChI is InChI=1S/C27H31N7OS/c1-33-15-17-34(18-16-33)22-10-8-21(9-11-22)30-27-31-23-12-19-36-24(23)25(32-27)28-13-5-14-29-26(35)20-6-3-2-4-7-20/h2-4,6-12,19H,5,13-18H2,1H3,(H,29,35)(H2,28,30,31,32). The van der Waals surface area contributed by atoms with Crippen molar-refractivity contribution < 1.29 is 4.79 Å². The van der Waals surface area contributed by atoms with Crippen molar-refractivity contribution >= 4 is 50.6 Å². The van der Waals surface area contributed by atoms with Gasteiger partial charge in [-0.05, 0) is 61.3 Å². The average Bonchev–Trinajstić information content (AvgIpc) is 3.39. The van der Waals surface area contributed by atoms with Crippen molar-refractivity contribution in [2.45, 2.75) is 6.42 Å². The van der Waals surface area contributed by atoms with Crippen LogP contribution in [0.15, 0.2) is 66.0 Å². The molecule has 0 bridgehead atoms. The fourth-order valence-electron chi connectivity index (χ4n) is 4.18. The van der Waals surface area contributed by atoms with E-state index in [1.807, 2.05) is 41.8 Å². The number of hydrogen-bond donors (Lipinski definition) is 3. The summed E-state index contributed by atoms with van der Waals surface area (Å²) in [6.45, 7) is 5.55. The van der Waals surface area contributed by atoms with E-state index < -0.39 is 0 Å². The molecule has 2 aromatic heterocycles. The minimum atomic E-state index is -0.0524. The highest BCUT2D eigenvalue weighted by molar-refractivity contribution is 7.17. The molecule has 0 aliphatic carbocycles. The van der Waals surface area contributed by atoms with Gasteiger partial charge in [0.1, 0.15) is 5.82 Å². The largest absolute Gasteiger partial charge is 0.369 e. The normalized spacial score (nSPS) is 14.1. The van der Waals surface area contributed by atoms with E-state index in [9.17, 15) is 4.79 Å². The highest BCUT2D eigenvalue weighted by Gasteiger charge is 2.14. The molecule has 1 amide bonds. The topological polar surface area (TPSA) is 85.4 Å². The van der Waals surface area contributed by atoms with Gasteiger partial charge in [-0.3, -0.25) is 4.79 Å². The van der Waals surface area contributed by atoms with Gasteiger partial charge in [-0.15, -0.1) is 11.3 Å². The van der Waals surface area contributed by atoms with Crippen LogP contribution >= 0.6 is 11.3 Å². The number of rotatable bonds is 9. The Labute approximate surface area is 215 Å². The number of carbonyl (C=O) groups excluding carboxylic acids is 1. The molecule has 4 aromatic rings. The Morgan fingerprint density at radius 1 is 0.944 bits per heavy atom. The quantitative estimate of drug-likeness (QED) is 0.293. The lowest BCUT2D eigenvalue weighted by molar-refractivity contribution is 0.0953. The van der Waals surface area contributed by atoms with Crippen LogP contribution in [0.5, 0.6) is 0 Å². The molecule has 1 aliphatic rings. The number of carbonyl (C=O) groups is 1. The molecule has 9 heteroatoms. The molecule has 186 valence electrons. The summed E-state index contributed by atoms with van der Waals surface area (Å²) in [5, 5.41) is 11.8. The van der Waals surface area contributed by atoms with Gasteiger partial charge in [0.05, 0.1) is 10.2 Å². The number of fused-ring (bicyclic) bond motifs is 1. The highest BCUT2D eigenvalue weighted by Crippen LogP contribution is 2.29. The summed E-state index contributed by atoms with van der Waals surface area (Å²) in [6.07, 6.45) is 0.784. The van der Waals surface area contributed by atoms with Gasteiger partial charge >= 0.3 is 0 Å². The minimum absolute atomic E-state index is 0.0524. The zero-order chi connectivity index (χ0) is 24.7. The molecule has 0 spiro atoms. The van der Waals surface area contributed by atoms with Crippen LogP contribution in [0.4, 0.5) is 23.1 Å². The molecule has 36 heavy (non-hydrogen) atoms. The first kappa shape index (κ1) is 24.0. The molecule has 2 aromatic carbocycles. The van der Waals surface area contributed by atoms with Crippen molar-refractivity contribution in [3.8, 4) is 0 Å². The van der Waals surface area contributed by atoms with Gasteiger partial charge in [0.15, 0.2) is 0 Å². The second-order valence-corrected chi connectivity index (χ2v) is 9.81. The summed E-state index contributed by atoms with van der Waals surface area (Å²) in [4.78, 5) is 26.4. The fourth-order valence-corrected chi connectivity index (χ4v) is 4.97. The number of aromatic nitrogens is 2. The number of likely N-dealkylation sites (N-methyl/N-ethyl adjacent to an activating group) is 1. The monoisotopic (exact) mass is 501 g/mol. The zero-order valence-electron chi connectivity index (χ0n) is 20.4. The number of nitrogens with one attached hydrogen (secondary N) is 3. The van der Waals surface area contributed by atoms with E-state index in [1.165, 1.54) is 5.69 Å². The van der Waals surface area contributed by atoms with Crippen LogP contribution in [0.2, 0.25) is 0 Å². The first-order chi connectivity index (χ1) is 17.7. The van der Waals surface area contributed by atoms with E-state index in [0.29, 0.717) is 24.6 Å². The SMILES string of the molecule is CN1CCN(c2ccc(Nc3nc(NCCCNC(=O)c4ccccc4)c4sccc4n3)cc2)CC1. The molecule has 1 fully saturated rings. The number of amides is 1. The van der Waals surface area contributed by atoms with Crippen LogP contribution < -0.4 is 20.9 Å². The van der Waals surface area contributed by atoms with Gasteiger partial charge in [-0.1, -0.05) is 18.2 Å². The van der Waals surface area contributed by atoms with Crippen LogP contribution in [0.1, 0.15) is 16.8 Å². The Kier molecular flexibility index (Phi) is 7.58. The molecule has 3 N–H and O–H groups in total. The van der Waals surface area contributed by atoms with Gasteiger partial charge in [0.25, 0.3) is 5.91 Å². The number of nitrogens with zero attached hydrogens (tertiary/aromatic N) is 4. The molecule has 1 aliphatic heterocycles. The molecule has 0 unspecified atom stereocenters. The van der Waals surface area contributed by atoms with Crippen molar-refractivity contribution in [1.82, 2.24) is 20.2 Å². The lowest BCUT2D eigenvalue weighted by atomic mass is 10.2. The Morgan fingerprint density at radius 2 is 1.72 bits per heavy atom. The smallest absolute Gasteiger partial charge is 0.251 e. The maximum absolute atomic E-state index is 12.2. The molecule has 8 nitrogen and oxygen atoms in total. The second-order valence-electron chi connectivity index (χ2n) is 8.90. The Balaban J connectivity index is 1.17. The summed E-state index contributed by atoms with van der Waals surface area (Å²) in [5.41, 5.74) is 3.78. The maximum Gasteiger partial charge on any atom is 0.251 e. The third-order valence-electron chi connectivity index (χ3n) is 6.26. The van der Waals surface area contributed by atoms with Gasteiger partial charge < -0.3 is 25.8 Å². The molecular formula is C27H31N7OS. The zero-order valence-corrected chi connectivity index (χ0v) is 21.2. The van der Waals surface area contributed by atoms with E-state index in [-0.39, 0.29) is 5.91 Å². The Bertz CT molecular complexity index is 1280. The molecular weight excluding hydrogens is 470 g/mol. The summed E-state index contributed by atoms with van der Waals surface area (Å²) in [7, 11) is 2.17. The van der Waals surface area contributed by atoms with Crippen molar-refractivity contribution in [1.29, 1.82) is 0 Å². The predicted molar refractivity (Wildman–Crippen MR) is 149 cm³/mol. The van der Waals surface area contributed by atoms with Crippen molar-refractivity contribution in [3.05, 3.63) is 71.6 Å². The predicted octanol–water partition coefficient (Wildman–Crippen LogP) is 4.42. The van der Waals surface area contributed by atoms with Gasteiger partial charge in [-0.2, -0.15) is 4.98 Å². The third-order valence-corrected chi connectivity index (χ3v) is 7.17. The average molecular weight is 502 g/mol. The van der Waals surface area contributed by atoms with E-state index in [4.69, 9.17) is 4.98 Å². The number of anilines is 4. The second kappa shape index (κ2) is 11.4. The Hall–Kier alpha value is -3.69. The summed E-state index contributed by atoms with van der Waals surface area (Å²) < 4.78 is 1.03. The minimum Gasteiger partial charge on any atom is -0.369 e. The van der Waals surface area contributed by atoms with Crippen LogP contribution in [-0.2, 0) is 0 Å². The molecule has 5 rings (SSSR count). The van der Waals surface area contributed by atoms with Crippen LogP contribution in [0.3, 0.4) is 0 Å².